The second-order valence-electron chi connectivity index (χ2n) is 5.32. The molecule has 3 rings (SSSR count). The van der Waals surface area contributed by atoms with Crippen LogP contribution in [0.5, 0.6) is 5.75 Å². The molecule has 0 spiro atoms. The molecule has 3 aromatic rings. The van der Waals surface area contributed by atoms with Gasteiger partial charge in [-0.25, -0.2) is 5.43 Å². The Morgan fingerprint density at radius 2 is 1.85 bits per heavy atom. The van der Waals surface area contributed by atoms with E-state index in [-0.39, 0.29) is 12.5 Å². The van der Waals surface area contributed by atoms with E-state index in [1.807, 2.05) is 59.3 Å². The number of nitrogens with one attached hydrogen (secondary N) is 1. The van der Waals surface area contributed by atoms with Crippen LogP contribution in [0, 0.1) is 0 Å². The Kier molecular flexibility index (Phi) is 6.25. The SMILES string of the molecule is O=C(COc1cccc(Br)c1)N/N=C/c1cccn1-c1cccc(Br)c1. The molecule has 132 valence electrons. The maximum Gasteiger partial charge on any atom is 0.277 e. The first-order chi connectivity index (χ1) is 12.6. The summed E-state index contributed by atoms with van der Waals surface area (Å²) in [6, 6.07) is 19.0. The van der Waals surface area contributed by atoms with Crippen LogP contribution in [0.1, 0.15) is 5.69 Å². The molecule has 0 aliphatic rings. The Labute approximate surface area is 167 Å². The lowest BCUT2D eigenvalue weighted by Crippen LogP contribution is -2.24. The van der Waals surface area contributed by atoms with Crippen molar-refractivity contribution in [2.24, 2.45) is 5.10 Å². The van der Waals surface area contributed by atoms with Crippen molar-refractivity contribution >= 4 is 44.0 Å². The Morgan fingerprint density at radius 1 is 1.08 bits per heavy atom. The fourth-order valence-electron chi connectivity index (χ4n) is 2.27. The van der Waals surface area contributed by atoms with Gasteiger partial charge >= 0.3 is 0 Å². The molecule has 0 unspecified atom stereocenters. The largest absolute Gasteiger partial charge is 0.484 e. The van der Waals surface area contributed by atoms with Crippen molar-refractivity contribution < 1.29 is 9.53 Å². The van der Waals surface area contributed by atoms with Crippen LogP contribution in [0.4, 0.5) is 0 Å². The summed E-state index contributed by atoms with van der Waals surface area (Å²) in [7, 11) is 0. The number of aromatic nitrogens is 1. The summed E-state index contributed by atoms with van der Waals surface area (Å²) in [4.78, 5) is 11.9. The molecule has 7 heteroatoms. The van der Waals surface area contributed by atoms with Gasteiger partial charge in [0.15, 0.2) is 6.61 Å². The van der Waals surface area contributed by atoms with Gasteiger partial charge in [-0.2, -0.15) is 5.10 Å². The molecule has 0 aliphatic heterocycles. The highest BCUT2D eigenvalue weighted by atomic mass is 79.9. The van der Waals surface area contributed by atoms with Gasteiger partial charge in [-0.1, -0.05) is 44.0 Å². The van der Waals surface area contributed by atoms with E-state index < -0.39 is 0 Å². The summed E-state index contributed by atoms with van der Waals surface area (Å²) in [6.07, 6.45) is 3.53. The summed E-state index contributed by atoms with van der Waals surface area (Å²) in [6.45, 7) is -0.111. The van der Waals surface area contributed by atoms with Crippen LogP contribution in [0.25, 0.3) is 5.69 Å². The molecule has 1 aromatic heterocycles. The molecule has 5 nitrogen and oxygen atoms in total. The first kappa shape index (κ1) is 18.4. The van der Waals surface area contributed by atoms with Gasteiger partial charge in [0.2, 0.25) is 0 Å². The number of ether oxygens (including phenoxy) is 1. The maximum atomic E-state index is 11.9. The quantitative estimate of drug-likeness (QED) is 0.419. The fourth-order valence-corrected chi connectivity index (χ4v) is 3.03. The predicted octanol–water partition coefficient (Wildman–Crippen LogP) is 4.53. The van der Waals surface area contributed by atoms with Crippen molar-refractivity contribution in [1.29, 1.82) is 0 Å². The highest BCUT2D eigenvalue weighted by molar-refractivity contribution is 9.10. The Bertz CT molecular complexity index is 938. The monoisotopic (exact) mass is 475 g/mol. The minimum atomic E-state index is -0.332. The van der Waals surface area contributed by atoms with Crippen LogP contribution in [0.3, 0.4) is 0 Å². The van der Waals surface area contributed by atoms with E-state index in [0.29, 0.717) is 5.75 Å². The second kappa shape index (κ2) is 8.82. The summed E-state index contributed by atoms with van der Waals surface area (Å²) in [5.74, 6) is 0.281. The topological polar surface area (TPSA) is 55.6 Å². The van der Waals surface area contributed by atoms with Crippen molar-refractivity contribution in [2.75, 3.05) is 6.61 Å². The molecule has 2 aromatic carbocycles. The van der Waals surface area contributed by atoms with Gasteiger partial charge in [0, 0.05) is 20.8 Å². The maximum absolute atomic E-state index is 11.9. The lowest BCUT2D eigenvalue weighted by Gasteiger charge is -2.07. The molecule has 1 amide bonds. The fraction of sp³-hybridized carbons (Fsp3) is 0.0526. The summed E-state index contributed by atoms with van der Waals surface area (Å²) < 4.78 is 9.27. The van der Waals surface area contributed by atoms with Crippen LogP contribution in [0.15, 0.2) is 80.9 Å². The molecule has 1 heterocycles. The van der Waals surface area contributed by atoms with Crippen LogP contribution in [-0.2, 0) is 4.79 Å². The van der Waals surface area contributed by atoms with Gasteiger partial charge in [-0.05, 0) is 48.5 Å². The van der Waals surface area contributed by atoms with E-state index >= 15 is 0 Å². The van der Waals surface area contributed by atoms with Crippen LogP contribution < -0.4 is 10.2 Å². The Morgan fingerprint density at radius 3 is 2.62 bits per heavy atom. The minimum absolute atomic E-state index is 0.111. The average Bonchev–Trinajstić information content (AvgIpc) is 3.09. The lowest BCUT2D eigenvalue weighted by molar-refractivity contribution is -0.123. The molecule has 0 saturated carbocycles. The van der Waals surface area contributed by atoms with Crippen LogP contribution >= 0.6 is 31.9 Å². The van der Waals surface area contributed by atoms with Gasteiger partial charge < -0.3 is 9.30 Å². The molecule has 1 N–H and O–H groups in total. The molecule has 26 heavy (non-hydrogen) atoms. The zero-order chi connectivity index (χ0) is 18.4. The zero-order valence-electron chi connectivity index (χ0n) is 13.6. The molecule has 0 saturated heterocycles. The number of rotatable bonds is 6. The third kappa shape index (κ3) is 5.06. The number of amides is 1. The summed E-state index contributed by atoms with van der Waals surface area (Å²) in [5, 5.41) is 4.01. The molecular weight excluding hydrogens is 462 g/mol. The van der Waals surface area contributed by atoms with E-state index in [1.165, 1.54) is 0 Å². The minimum Gasteiger partial charge on any atom is -0.484 e. The smallest absolute Gasteiger partial charge is 0.277 e. The van der Waals surface area contributed by atoms with Gasteiger partial charge in [0.05, 0.1) is 11.9 Å². The van der Waals surface area contributed by atoms with E-state index in [9.17, 15) is 4.79 Å². The highest BCUT2D eigenvalue weighted by Gasteiger charge is 2.04. The standard InChI is InChI=1S/C19H15Br2N3O2/c20-14-4-1-6-16(10-14)24-9-3-7-17(24)12-22-23-19(25)13-26-18-8-2-5-15(21)11-18/h1-12H,13H2,(H,23,25)/b22-12+. The van der Waals surface area contributed by atoms with Gasteiger partial charge in [0.25, 0.3) is 5.91 Å². The molecule has 0 radical (unpaired) electrons. The van der Waals surface area contributed by atoms with Crippen LogP contribution in [-0.4, -0.2) is 23.3 Å². The molecule has 0 bridgehead atoms. The third-order valence-electron chi connectivity index (χ3n) is 3.42. The molecule has 0 fully saturated rings. The zero-order valence-corrected chi connectivity index (χ0v) is 16.8. The van der Waals surface area contributed by atoms with E-state index in [0.717, 1.165) is 20.3 Å². The molecular formula is C19H15Br2N3O2. The van der Waals surface area contributed by atoms with Crippen molar-refractivity contribution in [1.82, 2.24) is 9.99 Å². The molecule has 0 atom stereocenters. The van der Waals surface area contributed by atoms with Crippen molar-refractivity contribution in [3.63, 3.8) is 0 Å². The Balaban J connectivity index is 1.57. The Hall–Kier alpha value is -2.38. The number of benzene rings is 2. The predicted molar refractivity (Wildman–Crippen MR) is 109 cm³/mol. The highest BCUT2D eigenvalue weighted by Crippen LogP contribution is 2.18. The van der Waals surface area contributed by atoms with E-state index in [1.54, 1.807) is 18.3 Å². The normalized spacial score (nSPS) is 10.8. The van der Waals surface area contributed by atoms with Gasteiger partial charge in [-0.15, -0.1) is 0 Å². The number of hydrazone groups is 1. The van der Waals surface area contributed by atoms with E-state index in [4.69, 9.17) is 4.74 Å². The van der Waals surface area contributed by atoms with Crippen molar-refractivity contribution in [3.05, 3.63) is 81.5 Å². The number of halogens is 2. The number of carbonyl (C=O) groups excluding carboxylic acids is 1. The molecule has 0 aliphatic carbocycles. The average molecular weight is 477 g/mol. The first-order valence-corrected chi connectivity index (χ1v) is 9.34. The number of hydrogen-bond acceptors (Lipinski definition) is 3. The van der Waals surface area contributed by atoms with Crippen molar-refractivity contribution in [2.45, 2.75) is 0 Å². The number of carbonyl (C=O) groups is 1. The number of hydrogen-bond donors (Lipinski definition) is 1. The van der Waals surface area contributed by atoms with Gasteiger partial charge in [0.1, 0.15) is 5.75 Å². The second-order valence-corrected chi connectivity index (χ2v) is 7.15. The van der Waals surface area contributed by atoms with E-state index in [2.05, 4.69) is 42.4 Å². The summed E-state index contributed by atoms with van der Waals surface area (Å²) in [5.41, 5.74) is 4.31. The lowest BCUT2D eigenvalue weighted by atomic mass is 10.3. The first-order valence-electron chi connectivity index (χ1n) is 7.75. The number of nitrogens with zero attached hydrogens (tertiary/aromatic N) is 2. The third-order valence-corrected chi connectivity index (χ3v) is 4.41. The van der Waals surface area contributed by atoms with Crippen molar-refractivity contribution in [3.8, 4) is 11.4 Å². The van der Waals surface area contributed by atoms with Crippen LogP contribution in [0.2, 0.25) is 0 Å². The summed E-state index contributed by atoms with van der Waals surface area (Å²) >= 11 is 6.82. The van der Waals surface area contributed by atoms with Gasteiger partial charge in [-0.3, -0.25) is 4.79 Å².